The molecule has 1 fully saturated rings. The molecule has 0 saturated carbocycles. The van der Waals surface area contributed by atoms with Gasteiger partial charge in [-0.2, -0.15) is 4.31 Å². The molecule has 6 nitrogen and oxygen atoms in total. The molecule has 2 aromatic heterocycles. The van der Waals surface area contributed by atoms with E-state index in [9.17, 15) is 13.2 Å². The van der Waals surface area contributed by atoms with Gasteiger partial charge in [-0.25, -0.2) is 8.42 Å². The fraction of sp³-hybridized carbons (Fsp3) is 0.261. The molecule has 5 rings (SSSR count). The van der Waals surface area contributed by atoms with Crippen molar-refractivity contribution in [2.75, 3.05) is 13.1 Å². The normalized spacial score (nSPS) is 15.1. The molecular formula is C23H22N2O4S2. The summed E-state index contributed by atoms with van der Waals surface area (Å²) in [4.78, 5) is 13.4. The molecule has 1 aliphatic heterocycles. The number of hydrogen-bond acceptors (Lipinski definition) is 5. The predicted octanol–water partition coefficient (Wildman–Crippen LogP) is 4.29. The lowest BCUT2D eigenvalue weighted by Crippen LogP contribution is -2.27. The number of thiophene rings is 1. The Bertz CT molecular complexity index is 1360. The van der Waals surface area contributed by atoms with Gasteiger partial charge in [-0.3, -0.25) is 4.79 Å². The molecule has 4 aromatic rings. The van der Waals surface area contributed by atoms with E-state index >= 15 is 0 Å². The molecule has 1 amide bonds. The zero-order valence-electron chi connectivity index (χ0n) is 16.8. The summed E-state index contributed by atoms with van der Waals surface area (Å²) >= 11 is 1.22. The molecule has 1 N–H and O–H groups in total. The lowest BCUT2D eigenvalue weighted by Gasteiger charge is -2.13. The van der Waals surface area contributed by atoms with Crippen LogP contribution in [0.3, 0.4) is 0 Å². The van der Waals surface area contributed by atoms with Crippen molar-refractivity contribution in [2.45, 2.75) is 30.0 Å². The minimum Gasteiger partial charge on any atom is -0.464 e. The van der Waals surface area contributed by atoms with Gasteiger partial charge in [0.2, 0.25) is 5.91 Å². The van der Waals surface area contributed by atoms with Gasteiger partial charge in [-0.1, -0.05) is 30.3 Å². The van der Waals surface area contributed by atoms with Crippen LogP contribution in [0.1, 0.15) is 23.3 Å². The minimum absolute atomic E-state index is 0.131. The Labute approximate surface area is 184 Å². The Kier molecular flexibility index (Phi) is 5.29. The molecule has 0 radical (unpaired) electrons. The minimum atomic E-state index is -3.42. The van der Waals surface area contributed by atoms with E-state index < -0.39 is 10.0 Å². The molecule has 160 valence electrons. The second-order valence-electron chi connectivity index (χ2n) is 7.71. The topological polar surface area (TPSA) is 79.6 Å². The van der Waals surface area contributed by atoms with Gasteiger partial charge in [-0.15, -0.1) is 11.3 Å². The number of amides is 1. The van der Waals surface area contributed by atoms with E-state index in [1.807, 2.05) is 36.4 Å². The van der Waals surface area contributed by atoms with Crippen LogP contribution in [0.2, 0.25) is 0 Å². The maximum atomic E-state index is 12.7. The fourth-order valence-electron chi connectivity index (χ4n) is 4.07. The van der Waals surface area contributed by atoms with Crippen molar-refractivity contribution >= 4 is 49.0 Å². The summed E-state index contributed by atoms with van der Waals surface area (Å²) in [7, 11) is -3.42. The number of nitrogens with zero attached hydrogens (tertiary/aromatic N) is 1. The quantitative estimate of drug-likeness (QED) is 0.471. The summed E-state index contributed by atoms with van der Waals surface area (Å²) in [6.07, 6.45) is 3.66. The number of hydrogen-bond donors (Lipinski definition) is 1. The van der Waals surface area contributed by atoms with E-state index in [1.165, 1.54) is 15.6 Å². The molecule has 1 saturated heterocycles. The number of rotatable bonds is 6. The Morgan fingerprint density at radius 2 is 1.87 bits per heavy atom. The lowest BCUT2D eigenvalue weighted by atomic mass is 10.0. The SMILES string of the molecule is O=C(Cc1coc2ccc3ccccc3c12)NCc1ccc(S(=O)(=O)N2CCCC2)s1. The molecule has 0 unspecified atom stereocenters. The Hall–Kier alpha value is -2.68. The molecule has 3 heterocycles. The van der Waals surface area contributed by atoms with E-state index in [0.29, 0.717) is 23.8 Å². The lowest BCUT2D eigenvalue weighted by molar-refractivity contribution is -0.120. The summed E-state index contributed by atoms with van der Waals surface area (Å²) in [5, 5.41) is 6.03. The first-order valence-electron chi connectivity index (χ1n) is 10.3. The van der Waals surface area contributed by atoms with Gasteiger partial charge in [0.15, 0.2) is 0 Å². The van der Waals surface area contributed by atoms with Gasteiger partial charge in [0.1, 0.15) is 9.79 Å². The van der Waals surface area contributed by atoms with Crippen molar-refractivity contribution in [2.24, 2.45) is 0 Å². The molecule has 0 bridgehead atoms. The number of sulfonamides is 1. The standard InChI is InChI=1S/C23H22N2O4S2/c26-21(13-17-15-29-20-9-7-16-5-1-2-6-19(16)23(17)20)24-14-18-8-10-22(30-18)31(27,28)25-11-3-4-12-25/h1-2,5-10,15H,3-4,11-14H2,(H,24,26). The first-order valence-corrected chi connectivity index (χ1v) is 12.5. The molecule has 2 aromatic carbocycles. The number of furan rings is 1. The Balaban J connectivity index is 1.28. The van der Waals surface area contributed by atoms with E-state index in [4.69, 9.17) is 4.42 Å². The second kappa shape index (κ2) is 8.11. The Morgan fingerprint density at radius 3 is 2.71 bits per heavy atom. The monoisotopic (exact) mass is 454 g/mol. The highest BCUT2D eigenvalue weighted by Crippen LogP contribution is 2.30. The maximum Gasteiger partial charge on any atom is 0.252 e. The third-order valence-corrected chi connectivity index (χ3v) is 9.10. The highest BCUT2D eigenvalue weighted by Gasteiger charge is 2.28. The van der Waals surface area contributed by atoms with Crippen molar-refractivity contribution < 1.29 is 17.6 Å². The van der Waals surface area contributed by atoms with Crippen LogP contribution in [-0.2, 0) is 27.8 Å². The van der Waals surface area contributed by atoms with Crippen molar-refractivity contribution in [3.05, 3.63) is 65.2 Å². The number of carbonyl (C=O) groups is 1. The third-order valence-electron chi connectivity index (χ3n) is 5.65. The van der Waals surface area contributed by atoms with Gasteiger partial charge in [-0.05, 0) is 41.8 Å². The first-order chi connectivity index (χ1) is 15.0. The molecule has 8 heteroatoms. The van der Waals surface area contributed by atoms with Crippen LogP contribution in [0.15, 0.2) is 63.4 Å². The summed E-state index contributed by atoms with van der Waals surface area (Å²) in [6, 6.07) is 15.4. The van der Waals surface area contributed by atoms with Gasteiger partial charge < -0.3 is 9.73 Å². The summed E-state index contributed by atoms with van der Waals surface area (Å²) in [5.41, 5.74) is 1.60. The maximum absolute atomic E-state index is 12.7. The third kappa shape index (κ3) is 3.86. The number of benzene rings is 2. The smallest absolute Gasteiger partial charge is 0.252 e. The number of nitrogens with one attached hydrogen (secondary N) is 1. The van der Waals surface area contributed by atoms with Crippen molar-refractivity contribution in [3.8, 4) is 0 Å². The Morgan fingerprint density at radius 1 is 1.06 bits per heavy atom. The fourth-order valence-corrected chi connectivity index (χ4v) is 7.04. The molecule has 0 atom stereocenters. The molecule has 31 heavy (non-hydrogen) atoms. The zero-order chi connectivity index (χ0) is 21.4. The van der Waals surface area contributed by atoms with Crippen molar-refractivity contribution in [1.29, 1.82) is 0 Å². The highest BCUT2D eigenvalue weighted by atomic mass is 32.2. The highest BCUT2D eigenvalue weighted by molar-refractivity contribution is 7.91. The van der Waals surface area contributed by atoms with Gasteiger partial charge in [0.25, 0.3) is 10.0 Å². The van der Waals surface area contributed by atoms with Crippen molar-refractivity contribution in [1.82, 2.24) is 9.62 Å². The van der Waals surface area contributed by atoms with Crippen LogP contribution in [0.4, 0.5) is 0 Å². The van der Waals surface area contributed by atoms with Gasteiger partial charge >= 0.3 is 0 Å². The molecular weight excluding hydrogens is 432 g/mol. The summed E-state index contributed by atoms with van der Waals surface area (Å²) < 4.78 is 32.9. The van der Waals surface area contributed by atoms with Crippen LogP contribution in [0.25, 0.3) is 21.7 Å². The average molecular weight is 455 g/mol. The summed E-state index contributed by atoms with van der Waals surface area (Å²) in [6.45, 7) is 1.47. The van der Waals surface area contributed by atoms with Crippen LogP contribution in [0, 0.1) is 0 Å². The second-order valence-corrected chi connectivity index (χ2v) is 11.0. The van der Waals surface area contributed by atoms with E-state index in [-0.39, 0.29) is 12.3 Å². The number of carbonyl (C=O) groups excluding carboxylic acids is 1. The van der Waals surface area contributed by atoms with Crippen LogP contribution < -0.4 is 5.32 Å². The molecule has 1 aliphatic rings. The largest absolute Gasteiger partial charge is 0.464 e. The zero-order valence-corrected chi connectivity index (χ0v) is 18.5. The summed E-state index contributed by atoms with van der Waals surface area (Å²) in [5.74, 6) is -0.131. The first kappa shape index (κ1) is 20.2. The van der Waals surface area contributed by atoms with E-state index in [2.05, 4.69) is 5.32 Å². The van der Waals surface area contributed by atoms with E-state index in [1.54, 1.807) is 18.4 Å². The molecule has 0 spiro atoms. The molecule has 0 aliphatic carbocycles. The van der Waals surface area contributed by atoms with Crippen molar-refractivity contribution in [3.63, 3.8) is 0 Å². The van der Waals surface area contributed by atoms with Crippen LogP contribution >= 0.6 is 11.3 Å². The average Bonchev–Trinajstić information content (AvgIpc) is 3.53. The van der Waals surface area contributed by atoms with Crippen LogP contribution in [-0.4, -0.2) is 31.7 Å². The van der Waals surface area contributed by atoms with E-state index in [0.717, 1.165) is 45.0 Å². The van der Waals surface area contributed by atoms with Gasteiger partial charge in [0.05, 0.1) is 19.2 Å². The predicted molar refractivity (Wildman–Crippen MR) is 122 cm³/mol. The number of fused-ring (bicyclic) bond motifs is 3. The van der Waals surface area contributed by atoms with Gasteiger partial charge in [0, 0.05) is 28.9 Å². The van der Waals surface area contributed by atoms with Crippen LogP contribution in [0.5, 0.6) is 0 Å².